The highest BCUT2D eigenvalue weighted by Crippen LogP contribution is 2.18. The van der Waals surface area contributed by atoms with Crippen LogP contribution in [0.1, 0.15) is 52.0 Å². The monoisotopic (exact) mass is 291 g/mol. The summed E-state index contributed by atoms with van der Waals surface area (Å²) in [6.07, 6.45) is 4.57. The first-order valence-corrected chi connectivity index (χ1v) is 7.45. The number of unbranched alkanes of at least 4 members (excludes halogenated alkanes) is 1. The summed E-state index contributed by atoms with van der Waals surface area (Å²) < 4.78 is 0. The van der Waals surface area contributed by atoms with Gasteiger partial charge in [-0.25, -0.2) is 0 Å². The molecule has 0 aliphatic carbocycles. The lowest BCUT2D eigenvalue weighted by atomic mass is 9.90. The summed E-state index contributed by atoms with van der Waals surface area (Å²) in [4.78, 5) is 9.37. The number of aliphatic hydroxyl groups excluding tert-OH is 1. The molecule has 117 valence electrons. The number of carboxylic acid groups (broad SMARTS) is 1. The van der Waals surface area contributed by atoms with Crippen LogP contribution in [0.4, 0.5) is 0 Å². The van der Waals surface area contributed by atoms with Crippen molar-refractivity contribution in [3.05, 3.63) is 35.9 Å². The second kappa shape index (κ2) is 13.7. The van der Waals surface area contributed by atoms with Crippen molar-refractivity contribution in [2.24, 2.45) is 5.92 Å². The third-order valence-electron chi connectivity index (χ3n) is 3.25. The van der Waals surface area contributed by atoms with Crippen LogP contribution in [0.5, 0.6) is 0 Å². The zero-order chi connectivity index (χ0) is 15.4. The lowest BCUT2D eigenvalue weighted by molar-refractivity contribution is -0.136. The van der Waals surface area contributed by atoms with Crippen LogP contribution in [0.15, 0.2) is 30.3 Å². The predicted molar refractivity (Wildman–Crippen MR) is 88.5 cm³/mol. The van der Waals surface area contributed by atoms with E-state index in [1.54, 1.807) is 6.92 Å². The smallest absolute Gasteiger partial charge is 0.303 e. The molecule has 0 aliphatic heterocycles. The van der Waals surface area contributed by atoms with E-state index in [4.69, 9.17) is 5.11 Å². The van der Waals surface area contributed by atoms with Gasteiger partial charge in [0.25, 0.3) is 0 Å². The molecule has 0 bridgehead atoms. The second-order valence-electron chi connectivity index (χ2n) is 5.08. The van der Waals surface area contributed by atoms with E-state index in [-0.39, 0.29) is 20.9 Å². The lowest BCUT2D eigenvalue weighted by Gasteiger charge is -2.19. The van der Waals surface area contributed by atoms with Crippen LogP contribution >= 0.6 is 0 Å². The first-order valence-electron chi connectivity index (χ1n) is 7.45. The molecular formula is C17H28BO3. The summed E-state index contributed by atoms with van der Waals surface area (Å²) in [6, 6.07) is 10.4. The average molecular weight is 291 g/mol. The van der Waals surface area contributed by atoms with E-state index in [9.17, 15) is 9.90 Å². The van der Waals surface area contributed by atoms with Crippen molar-refractivity contribution >= 4 is 14.4 Å². The molecule has 21 heavy (non-hydrogen) atoms. The first kappa shape index (κ1) is 22.0. The van der Waals surface area contributed by atoms with E-state index in [1.807, 2.05) is 13.0 Å². The van der Waals surface area contributed by atoms with Gasteiger partial charge in [0.1, 0.15) is 0 Å². The topological polar surface area (TPSA) is 57.5 Å². The lowest BCUT2D eigenvalue weighted by Crippen LogP contribution is -2.19. The molecular weight excluding hydrogens is 263 g/mol. The highest BCUT2D eigenvalue weighted by Gasteiger charge is 2.14. The Morgan fingerprint density at radius 1 is 1.19 bits per heavy atom. The molecule has 4 heteroatoms. The normalized spacial score (nSPS) is 12.4. The van der Waals surface area contributed by atoms with Crippen LogP contribution in [0.3, 0.4) is 0 Å². The summed E-state index contributed by atoms with van der Waals surface area (Å²) in [7, 11) is 0. The largest absolute Gasteiger partial charge is 0.481 e. The Hall–Kier alpha value is -1.29. The van der Waals surface area contributed by atoms with Crippen molar-refractivity contribution in [2.45, 2.75) is 59.0 Å². The van der Waals surface area contributed by atoms with Gasteiger partial charge in [-0.05, 0) is 31.2 Å². The molecule has 0 amide bonds. The maximum absolute atomic E-state index is 9.70. The first-order chi connectivity index (χ1) is 9.51. The zero-order valence-corrected chi connectivity index (χ0v) is 13.5. The molecule has 0 aromatic heterocycles. The highest BCUT2D eigenvalue weighted by molar-refractivity contribution is 5.75. The number of hydrogen-bond donors (Lipinski definition) is 2. The molecule has 1 rings (SSSR count). The van der Waals surface area contributed by atoms with Gasteiger partial charge in [-0.2, -0.15) is 0 Å². The van der Waals surface area contributed by atoms with Crippen LogP contribution in [0.25, 0.3) is 0 Å². The summed E-state index contributed by atoms with van der Waals surface area (Å²) in [5.41, 5.74) is 1.33. The fraction of sp³-hybridized carbons (Fsp3) is 0.588. The molecule has 0 saturated heterocycles. The molecule has 0 aliphatic rings. The van der Waals surface area contributed by atoms with Gasteiger partial charge in [0.2, 0.25) is 0 Å². The van der Waals surface area contributed by atoms with Crippen molar-refractivity contribution in [2.75, 3.05) is 0 Å². The number of aliphatic hydroxyl groups is 1. The van der Waals surface area contributed by atoms with Gasteiger partial charge in [-0.15, -0.1) is 0 Å². The van der Waals surface area contributed by atoms with Crippen molar-refractivity contribution in [3.63, 3.8) is 0 Å². The van der Waals surface area contributed by atoms with E-state index < -0.39 is 5.97 Å². The number of carboxylic acids is 1. The van der Waals surface area contributed by atoms with Crippen molar-refractivity contribution in [1.29, 1.82) is 0 Å². The number of rotatable bonds is 7. The Labute approximate surface area is 131 Å². The molecule has 2 N–H and O–H groups in total. The molecule has 0 unspecified atom stereocenters. The summed E-state index contributed by atoms with van der Waals surface area (Å²) in [6.45, 7) is 5.70. The van der Waals surface area contributed by atoms with Gasteiger partial charge in [-0.1, -0.05) is 57.0 Å². The maximum Gasteiger partial charge on any atom is 0.303 e. The minimum atomic E-state index is -0.745. The number of carbonyl (C=O) groups is 1. The van der Waals surface area contributed by atoms with Gasteiger partial charge >= 0.3 is 5.97 Å². The van der Waals surface area contributed by atoms with Crippen LogP contribution in [0, 0.1) is 5.92 Å². The number of aliphatic carboxylic acids is 1. The van der Waals surface area contributed by atoms with Crippen LogP contribution in [-0.4, -0.2) is 30.7 Å². The zero-order valence-electron chi connectivity index (χ0n) is 13.5. The second-order valence-corrected chi connectivity index (χ2v) is 5.08. The Kier molecular flexibility index (Phi) is 14.3. The van der Waals surface area contributed by atoms with Crippen molar-refractivity contribution < 1.29 is 15.0 Å². The van der Waals surface area contributed by atoms with Gasteiger partial charge in [0.05, 0.1) is 6.10 Å². The molecule has 3 radical (unpaired) electrons. The Balaban J connectivity index is 0. The molecule has 0 saturated carbocycles. The molecule has 1 aromatic rings. The minimum Gasteiger partial charge on any atom is -0.481 e. The van der Waals surface area contributed by atoms with Crippen LogP contribution in [-0.2, 0) is 11.2 Å². The van der Waals surface area contributed by atoms with E-state index >= 15 is 0 Å². The Morgan fingerprint density at radius 2 is 1.71 bits per heavy atom. The molecule has 1 aromatic carbocycles. The third-order valence-corrected chi connectivity index (χ3v) is 3.25. The molecule has 0 spiro atoms. The molecule has 0 fully saturated rings. The minimum absolute atomic E-state index is 0. The van der Waals surface area contributed by atoms with Gasteiger partial charge in [-0.3, -0.25) is 4.79 Å². The van der Waals surface area contributed by atoms with E-state index in [0.717, 1.165) is 12.8 Å². The fourth-order valence-corrected chi connectivity index (χ4v) is 1.90. The maximum atomic E-state index is 9.70. The van der Waals surface area contributed by atoms with Crippen molar-refractivity contribution in [3.8, 4) is 0 Å². The van der Waals surface area contributed by atoms with E-state index in [1.165, 1.54) is 18.4 Å². The van der Waals surface area contributed by atoms with Crippen LogP contribution in [0.2, 0.25) is 0 Å². The summed E-state index contributed by atoms with van der Waals surface area (Å²) >= 11 is 0. The Bertz CT molecular complexity index is 352. The predicted octanol–water partition coefficient (Wildman–Crippen LogP) is 3.52. The number of hydrogen-bond acceptors (Lipinski definition) is 2. The van der Waals surface area contributed by atoms with Gasteiger partial charge < -0.3 is 10.2 Å². The van der Waals surface area contributed by atoms with E-state index in [2.05, 4.69) is 31.2 Å². The van der Waals surface area contributed by atoms with Crippen LogP contribution < -0.4 is 0 Å². The van der Waals surface area contributed by atoms with E-state index in [0.29, 0.717) is 5.92 Å². The summed E-state index contributed by atoms with van der Waals surface area (Å²) in [5, 5.41) is 17.4. The van der Waals surface area contributed by atoms with Gasteiger partial charge in [0, 0.05) is 14.8 Å². The number of benzene rings is 1. The van der Waals surface area contributed by atoms with Gasteiger partial charge in [0.15, 0.2) is 0 Å². The third kappa shape index (κ3) is 12.2. The Morgan fingerprint density at radius 3 is 2.10 bits per heavy atom. The fourth-order valence-electron chi connectivity index (χ4n) is 1.90. The molecule has 2 atom stereocenters. The molecule has 3 nitrogen and oxygen atoms in total. The van der Waals surface area contributed by atoms with Crippen molar-refractivity contribution in [1.82, 2.24) is 0 Å². The quantitative estimate of drug-likeness (QED) is 0.756. The molecule has 0 heterocycles. The summed E-state index contributed by atoms with van der Waals surface area (Å²) in [5.74, 6) is -0.336. The standard InChI is InChI=1S/C14H22O.C3H6O2.B/c1-3-4-10-14(12(2)15)11-13-8-6-5-7-9-13;1-2-3(4)5;/h5-9,12,14-15H,3-4,10-11H2,1-2H3;2H2,1H3,(H,4,5);/t12-,14+;;/m1../s1. The average Bonchev–Trinajstić information content (AvgIpc) is 2.44. The SMILES string of the molecule is CCC(=O)O.CCCC[C@@H](Cc1ccccc1)[C@@H](C)O.[B]. The highest BCUT2D eigenvalue weighted by atomic mass is 16.4.